The van der Waals surface area contributed by atoms with Crippen molar-refractivity contribution in [1.82, 2.24) is 10.6 Å². The van der Waals surface area contributed by atoms with Gasteiger partial charge in [-0.25, -0.2) is 4.79 Å². The van der Waals surface area contributed by atoms with Crippen LogP contribution in [-0.4, -0.2) is 23.8 Å². The third-order valence-corrected chi connectivity index (χ3v) is 3.72. The van der Waals surface area contributed by atoms with Crippen molar-refractivity contribution >= 4 is 6.03 Å². The van der Waals surface area contributed by atoms with Crippen molar-refractivity contribution in [2.24, 2.45) is 0 Å². The van der Waals surface area contributed by atoms with Gasteiger partial charge in [0.1, 0.15) is 5.75 Å². The molecule has 2 aromatic carbocycles. The highest BCUT2D eigenvalue weighted by molar-refractivity contribution is 5.74. The molecular formula is C20H26N2O3. The molecule has 2 aromatic rings. The molecule has 0 saturated carbocycles. The van der Waals surface area contributed by atoms with Crippen LogP contribution in [0.15, 0.2) is 54.6 Å². The Balaban J connectivity index is 1.85. The minimum absolute atomic E-state index is 0.0655. The van der Waals surface area contributed by atoms with Crippen molar-refractivity contribution in [3.63, 3.8) is 0 Å². The largest absolute Gasteiger partial charge is 0.491 e. The van der Waals surface area contributed by atoms with E-state index in [0.29, 0.717) is 11.3 Å². The first kappa shape index (κ1) is 18.8. The Bertz CT molecular complexity index is 674. The van der Waals surface area contributed by atoms with Gasteiger partial charge in [-0.3, -0.25) is 0 Å². The molecule has 3 N–H and O–H groups in total. The molecular weight excluding hydrogens is 316 g/mol. The number of aliphatic hydroxyl groups is 1. The SMILES string of the molecule is CC(C)Oc1cccc(C(O)CNC(=O)NC(C)c2ccccc2)c1. The number of urea groups is 1. The Labute approximate surface area is 149 Å². The molecule has 0 aliphatic rings. The first-order valence-corrected chi connectivity index (χ1v) is 8.49. The fraction of sp³-hybridized carbons (Fsp3) is 0.350. The standard InChI is InChI=1S/C20H26N2O3/c1-14(2)25-18-11-7-10-17(12-18)19(23)13-21-20(24)22-15(3)16-8-5-4-6-9-16/h4-12,14-15,19,23H,13H2,1-3H3,(H2,21,22,24). The second kappa shape index (κ2) is 9.08. The number of aliphatic hydroxyl groups excluding tert-OH is 1. The van der Waals surface area contributed by atoms with Gasteiger partial charge in [0.25, 0.3) is 0 Å². The van der Waals surface area contributed by atoms with Gasteiger partial charge in [-0.05, 0) is 44.0 Å². The zero-order valence-electron chi connectivity index (χ0n) is 14.9. The van der Waals surface area contributed by atoms with Crippen molar-refractivity contribution in [3.8, 4) is 5.75 Å². The average Bonchev–Trinajstić information content (AvgIpc) is 2.60. The molecule has 5 heteroatoms. The molecule has 0 aromatic heterocycles. The van der Waals surface area contributed by atoms with Crippen LogP contribution in [0.4, 0.5) is 4.79 Å². The number of carbonyl (C=O) groups is 1. The smallest absolute Gasteiger partial charge is 0.315 e. The van der Waals surface area contributed by atoms with Gasteiger partial charge in [0.05, 0.1) is 18.2 Å². The fourth-order valence-electron chi connectivity index (χ4n) is 2.45. The van der Waals surface area contributed by atoms with Gasteiger partial charge in [0, 0.05) is 6.54 Å². The Morgan fingerprint density at radius 1 is 1.04 bits per heavy atom. The lowest BCUT2D eigenvalue weighted by Crippen LogP contribution is -2.39. The van der Waals surface area contributed by atoms with E-state index in [0.717, 1.165) is 5.56 Å². The lowest BCUT2D eigenvalue weighted by molar-refractivity contribution is 0.171. The highest BCUT2D eigenvalue weighted by atomic mass is 16.5. The minimum Gasteiger partial charge on any atom is -0.491 e. The number of benzene rings is 2. The van der Waals surface area contributed by atoms with E-state index < -0.39 is 6.10 Å². The Hall–Kier alpha value is -2.53. The van der Waals surface area contributed by atoms with E-state index in [-0.39, 0.29) is 24.7 Å². The summed E-state index contributed by atoms with van der Waals surface area (Å²) in [5, 5.41) is 15.8. The molecule has 134 valence electrons. The topological polar surface area (TPSA) is 70.6 Å². The third-order valence-electron chi connectivity index (χ3n) is 3.72. The quantitative estimate of drug-likeness (QED) is 0.720. The van der Waals surface area contributed by atoms with Crippen LogP contribution in [0, 0.1) is 0 Å². The predicted octanol–water partition coefficient (Wildman–Crippen LogP) is 3.57. The summed E-state index contributed by atoms with van der Waals surface area (Å²) in [7, 11) is 0. The average molecular weight is 342 g/mol. The van der Waals surface area contributed by atoms with Gasteiger partial charge in [-0.2, -0.15) is 0 Å². The summed E-state index contributed by atoms with van der Waals surface area (Å²) in [6, 6.07) is 16.6. The van der Waals surface area contributed by atoms with Crippen LogP contribution in [0.3, 0.4) is 0 Å². The first-order valence-electron chi connectivity index (χ1n) is 8.49. The summed E-state index contributed by atoms with van der Waals surface area (Å²) in [6.45, 7) is 5.93. The van der Waals surface area contributed by atoms with Crippen LogP contribution in [0.2, 0.25) is 0 Å². The molecule has 0 bridgehead atoms. The summed E-state index contributed by atoms with van der Waals surface area (Å²) in [6.07, 6.45) is -0.732. The van der Waals surface area contributed by atoms with Crippen molar-refractivity contribution in [1.29, 1.82) is 0 Å². The van der Waals surface area contributed by atoms with Gasteiger partial charge in [0.15, 0.2) is 0 Å². The molecule has 2 amide bonds. The normalized spacial score (nSPS) is 13.2. The van der Waals surface area contributed by atoms with Crippen LogP contribution in [0.25, 0.3) is 0 Å². The van der Waals surface area contributed by atoms with E-state index in [9.17, 15) is 9.90 Å². The number of hydrogen-bond donors (Lipinski definition) is 3. The van der Waals surface area contributed by atoms with Crippen LogP contribution < -0.4 is 15.4 Å². The summed E-state index contributed by atoms with van der Waals surface area (Å²) in [5.41, 5.74) is 1.73. The summed E-state index contributed by atoms with van der Waals surface area (Å²) < 4.78 is 5.62. The van der Waals surface area contributed by atoms with Crippen LogP contribution in [0.1, 0.15) is 44.0 Å². The summed E-state index contributed by atoms with van der Waals surface area (Å²) in [4.78, 5) is 12.0. The molecule has 2 atom stereocenters. The molecule has 0 aliphatic heterocycles. The van der Waals surface area contributed by atoms with E-state index >= 15 is 0 Å². The molecule has 25 heavy (non-hydrogen) atoms. The van der Waals surface area contributed by atoms with E-state index in [4.69, 9.17) is 4.74 Å². The maximum absolute atomic E-state index is 12.0. The second-order valence-electron chi connectivity index (χ2n) is 6.24. The fourth-order valence-corrected chi connectivity index (χ4v) is 2.45. The monoisotopic (exact) mass is 342 g/mol. The van der Waals surface area contributed by atoms with Gasteiger partial charge >= 0.3 is 6.03 Å². The lowest BCUT2D eigenvalue weighted by Gasteiger charge is -2.17. The molecule has 0 spiro atoms. The lowest BCUT2D eigenvalue weighted by atomic mass is 10.1. The van der Waals surface area contributed by atoms with Crippen LogP contribution in [-0.2, 0) is 0 Å². The number of hydrogen-bond acceptors (Lipinski definition) is 3. The molecule has 0 heterocycles. The maximum atomic E-state index is 12.0. The highest BCUT2D eigenvalue weighted by Crippen LogP contribution is 2.20. The molecule has 0 radical (unpaired) electrons. The van der Waals surface area contributed by atoms with Crippen molar-refractivity contribution in [3.05, 3.63) is 65.7 Å². The van der Waals surface area contributed by atoms with E-state index in [1.165, 1.54) is 0 Å². The summed E-state index contributed by atoms with van der Waals surface area (Å²) >= 11 is 0. The van der Waals surface area contributed by atoms with Crippen molar-refractivity contribution in [2.75, 3.05) is 6.54 Å². The molecule has 2 rings (SSSR count). The Kier molecular flexibility index (Phi) is 6.83. The zero-order valence-corrected chi connectivity index (χ0v) is 14.9. The van der Waals surface area contributed by atoms with Crippen LogP contribution >= 0.6 is 0 Å². The first-order chi connectivity index (χ1) is 12.0. The zero-order chi connectivity index (χ0) is 18.2. The number of carbonyl (C=O) groups excluding carboxylic acids is 1. The Morgan fingerprint density at radius 2 is 1.72 bits per heavy atom. The second-order valence-corrected chi connectivity index (χ2v) is 6.24. The van der Waals surface area contributed by atoms with Gasteiger partial charge in [-0.1, -0.05) is 42.5 Å². The minimum atomic E-state index is -0.798. The number of ether oxygens (including phenoxy) is 1. The summed E-state index contributed by atoms with van der Waals surface area (Å²) in [5.74, 6) is 0.703. The Morgan fingerprint density at radius 3 is 2.40 bits per heavy atom. The molecule has 0 aliphatic carbocycles. The maximum Gasteiger partial charge on any atom is 0.315 e. The van der Waals surface area contributed by atoms with Gasteiger partial charge in [-0.15, -0.1) is 0 Å². The number of rotatable bonds is 7. The van der Waals surface area contributed by atoms with Gasteiger partial charge in [0.2, 0.25) is 0 Å². The highest BCUT2D eigenvalue weighted by Gasteiger charge is 2.13. The van der Waals surface area contributed by atoms with E-state index in [1.807, 2.05) is 69.3 Å². The van der Waals surface area contributed by atoms with E-state index in [2.05, 4.69) is 10.6 Å². The number of amides is 2. The van der Waals surface area contributed by atoms with Crippen molar-refractivity contribution in [2.45, 2.75) is 39.0 Å². The molecule has 5 nitrogen and oxygen atoms in total. The molecule has 0 saturated heterocycles. The molecule has 0 fully saturated rings. The third kappa shape index (κ3) is 6.12. The van der Waals surface area contributed by atoms with Crippen molar-refractivity contribution < 1.29 is 14.6 Å². The van der Waals surface area contributed by atoms with Gasteiger partial charge < -0.3 is 20.5 Å². The predicted molar refractivity (Wildman–Crippen MR) is 98.6 cm³/mol. The van der Waals surface area contributed by atoms with Crippen LogP contribution in [0.5, 0.6) is 5.75 Å². The van der Waals surface area contributed by atoms with E-state index in [1.54, 1.807) is 6.07 Å². The number of nitrogens with one attached hydrogen (secondary N) is 2. The molecule has 2 unspecified atom stereocenters.